The highest BCUT2D eigenvalue weighted by Crippen LogP contribution is 2.25. The molecule has 1 aromatic carbocycles. The van der Waals surface area contributed by atoms with Gasteiger partial charge in [-0.1, -0.05) is 30.5 Å². The van der Waals surface area contributed by atoms with Crippen LogP contribution in [0.4, 0.5) is 0 Å². The highest BCUT2D eigenvalue weighted by atomic mass is 32.2. The van der Waals surface area contributed by atoms with Gasteiger partial charge in [-0.2, -0.15) is 0 Å². The molecule has 0 radical (unpaired) electrons. The number of hydrogen-bond donors (Lipinski definition) is 3. The molecule has 0 spiro atoms. The minimum absolute atomic E-state index is 0.00841. The van der Waals surface area contributed by atoms with Crippen LogP contribution in [-0.4, -0.2) is 48.3 Å². The number of aryl methyl sites for hydroxylation is 1. The van der Waals surface area contributed by atoms with Crippen molar-refractivity contribution in [2.45, 2.75) is 56.0 Å². The standard InChI is InChI=1S/C20H27N3O5S/c1-14-6-8-16(9-7-14)29(27,28)23-11-10-21-20(26)18(23)12-19(25)22-17-5-3-2-4-15(17)13-24/h6-11,15,17-18,24H,2-5,12-13H2,1H3,(H,21,26)(H,22,25)/t15?,17?,18-/m1/s1. The van der Waals surface area contributed by atoms with Gasteiger partial charge in [-0.15, -0.1) is 0 Å². The zero-order chi connectivity index (χ0) is 21.0. The summed E-state index contributed by atoms with van der Waals surface area (Å²) in [5.74, 6) is -0.976. The van der Waals surface area contributed by atoms with E-state index >= 15 is 0 Å². The average molecular weight is 422 g/mol. The molecule has 3 rings (SSSR count). The number of aliphatic hydroxyl groups excluding tert-OH is 1. The van der Waals surface area contributed by atoms with Crippen LogP contribution in [-0.2, 0) is 19.6 Å². The third-order valence-corrected chi connectivity index (χ3v) is 7.32. The number of amides is 2. The van der Waals surface area contributed by atoms with Crippen LogP contribution in [0, 0.1) is 12.8 Å². The van der Waals surface area contributed by atoms with Crippen LogP contribution in [0.1, 0.15) is 37.7 Å². The molecule has 3 N–H and O–H groups in total. The summed E-state index contributed by atoms with van der Waals surface area (Å²) in [5.41, 5.74) is 0.915. The first-order chi connectivity index (χ1) is 13.8. The lowest BCUT2D eigenvalue weighted by molar-refractivity contribution is -0.130. The summed E-state index contributed by atoms with van der Waals surface area (Å²) in [5, 5.41) is 14.9. The van der Waals surface area contributed by atoms with Crippen molar-refractivity contribution in [3.8, 4) is 0 Å². The molecule has 1 aliphatic carbocycles. The number of hydrogen-bond acceptors (Lipinski definition) is 5. The van der Waals surface area contributed by atoms with Crippen LogP contribution >= 0.6 is 0 Å². The fourth-order valence-electron chi connectivity index (χ4n) is 3.83. The lowest BCUT2D eigenvalue weighted by Gasteiger charge is -2.33. The molecule has 1 saturated carbocycles. The van der Waals surface area contributed by atoms with E-state index < -0.39 is 27.9 Å². The second-order valence-corrected chi connectivity index (χ2v) is 9.44. The molecule has 2 amide bonds. The van der Waals surface area contributed by atoms with Crippen molar-refractivity contribution >= 4 is 21.8 Å². The minimum Gasteiger partial charge on any atom is -0.396 e. The Kier molecular flexibility index (Phi) is 6.59. The summed E-state index contributed by atoms with van der Waals surface area (Å²) in [6.07, 6.45) is 5.80. The number of carbonyl (C=O) groups excluding carboxylic acids is 2. The summed E-state index contributed by atoms with van der Waals surface area (Å²) in [7, 11) is -3.99. The normalized spacial score (nSPS) is 24.8. The highest BCUT2D eigenvalue weighted by molar-refractivity contribution is 7.89. The zero-order valence-corrected chi connectivity index (χ0v) is 17.2. The van der Waals surface area contributed by atoms with Crippen LogP contribution in [0.25, 0.3) is 0 Å². The van der Waals surface area contributed by atoms with E-state index in [-0.39, 0.29) is 29.9 Å². The van der Waals surface area contributed by atoms with E-state index in [2.05, 4.69) is 10.6 Å². The van der Waals surface area contributed by atoms with Crippen LogP contribution in [0.15, 0.2) is 41.6 Å². The zero-order valence-electron chi connectivity index (χ0n) is 16.4. The molecular weight excluding hydrogens is 394 g/mol. The first-order valence-corrected chi connectivity index (χ1v) is 11.2. The van der Waals surface area contributed by atoms with Crippen molar-refractivity contribution in [1.29, 1.82) is 0 Å². The van der Waals surface area contributed by atoms with Crippen molar-refractivity contribution < 1.29 is 23.1 Å². The second kappa shape index (κ2) is 8.96. The molecule has 0 bridgehead atoms. The van der Waals surface area contributed by atoms with E-state index in [9.17, 15) is 23.1 Å². The van der Waals surface area contributed by atoms with Crippen LogP contribution in [0.3, 0.4) is 0 Å². The summed E-state index contributed by atoms with van der Waals surface area (Å²) in [6.45, 7) is 1.84. The first kappa shape index (κ1) is 21.3. The van der Waals surface area contributed by atoms with Crippen LogP contribution in [0.2, 0.25) is 0 Å². The maximum Gasteiger partial charge on any atom is 0.264 e. The van der Waals surface area contributed by atoms with Gasteiger partial charge < -0.3 is 15.7 Å². The fraction of sp³-hybridized carbons (Fsp3) is 0.500. The summed E-state index contributed by atoms with van der Waals surface area (Å²) < 4.78 is 27.1. The third-order valence-electron chi connectivity index (χ3n) is 5.52. The Morgan fingerprint density at radius 3 is 2.62 bits per heavy atom. The molecule has 2 unspecified atom stereocenters. The molecule has 0 saturated heterocycles. The SMILES string of the molecule is Cc1ccc(S(=O)(=O)N2C=CNC(=O)[C@H]2CC(=O)NC2CCCCC2CO)cc1. The molecule has 3 atom stereocenters. The number of aliphatic hydroxyl groups is 1. The molecule has 29 heavy (non-hydrogen) atoms. The number of carbonyl (C=O) groups is 2. The predicted octanol–water partition coefficient (Wildman–Crippen LogP) is 1.01. The lowest BCUT2D eigenvalue weighted by atomic mass is 9.85. The van der Waals surface area contributed by atoms with Gasteiger partial charge in [-0.25, -0.2) is 8.42 Å². The van der Waals surface area contributed by atoms with Gasteiger partial charge >= 0.3 is 0 Å². The molecule has 1 heterocycles. The number of rotatable bonds is 6. The summed E-state index contributed by atoms with van der Waals surface area (Å²) >= 11 is 0. The Balaban J connectivity index is 1.77. The molecular formula is C20H27N3O5S. The van der Waals surface area contributed by atoms with Crippen LogP contribution < -0.4 is 10.6 Å². The Bertz CT molecular complexity index is 882. The molecule has 158 valence electrons. The molecule has 1 aliphatic heterocycles. The van der Waals surface area contributed by atoms with Gasteiger partial charge in [0, 0.05) is 31.0 Å². The predicted molar refractivity (Wildman–Crippen MR) is 107 cm³/mol. The largest absolute Gasteiger partial charge is 0.396 e. The number of benzene rings is 1. The molecule has 0 aromatic heterocycles. The van der Waals surface area contributed by atoms with Gasteiger partial charge in [0.15, 0.2) is 0 Å². The fourth-order valence-corrected chi connectivity index (χ4v) is 5.28. The first-order valence-electron chi connectivity index (χ1n) is 9.80. The van der Waals surface area contributed by atoms with E-state index in [1.807, 2.05) is 6.92 Å². The number of nitrogens with one attached hydrogen (secondary N) is 2. The maximum absolute atomic E-state index is 13.1. The molecule has 2 aliphatic rings. The van der Waals surface area contributed by atoms with Gasteiger partial charge in [0.25, 0.3) is 10.0 Å². The van der Waals surface area contributed by atoms with Crippen molar-refractivity contribution in [2.75, 3.05) is 6.61 Å². The topological polar surface area (TPSA) is 116 Å². The Morgan fingerprint density at radius 1 is 1.24 bits per heavy atom. The minimum atomic E-state index is -3.99. The molecule has 1 aromatic rings. The Labute approximate surface area is 171 Å². The van der Waals surface area contributed by atoms with Gasteiger partial charge in [-0.3, -0.25) is 13.9 Å². The van der Waals surface area contributed by atoms with Crippen LogP contribution in [0.5, 0.6) is 0 Å². The molecule has 1 fully saturated rings. The van der Waals surface area contributed by atoms with Crippen molar-refractivity contribution in [2.24, 2.45) is 5.92 Å². The van der Waals surface area contributed by atoms with E-state index in [0.29, 0.717) is 0 Å². The number of nitrogens with zero attached hydrogens (tertiary/aromatic N) is 1. The second-order valence-electron chi connectivity index (χ2n) is 7.59. The quantitative estimate of drug-likeness (QED) is 0.634. The summed E-state index contributed by atoms with van der Waals surface area (Å²) in [6, 6.07) is 4.99. The number of sulfonamides is 1. The van der Waals surface area contributed by atoms with Crippen molar-refractivity contribution in [1.82, 2.24) is 14.9 Å². The molecule has 9 heteroatoms. The van der Waals surface area contributed by atoms with E-state index in [4.69, 9.17) is 0 Å². The average Bonchev–Trinajstić information content (AvgIpc) is 2.70. The Hall–Kier alpha value is -2.39. The van der Waals surface area contributed by atoms with Crippen molar-refractivity contribution in [3.63, 3.8) is 0 Å². The van der Waals surface area contributed by atoms with Gasteiger partial charge in [0.2, 0.25) is 11.8 Å². The van der Waals surface area contributed by atoms with E-state index in [1.54, 1.807) is 12.1 Å². The third kappa shape index (κ3) is 4.79. The smallest absolute Gasteiger partial charge is 0.264 e. The van der Waals surface area contributed by atoms with Gasteiger partial charge in [0.05, 0.1) is 11.3 Å². The van der Waals surface area contributed by atoms with E-state index in [1.165, 1.54) is 24.5 Å². The summed E-state index contributed by atoms with van der Waals surface area (Å²) in [4.78, 5) is 25.1. The maximum atomic E-state index is 13.1. The monoisotopic (exact) mass is 421 g/mol. The van der Waals surface area contributed by atoms with Gasteiger partial charge in [0.1, 0.15) is 6.04 Å². The van der Waals surface area contributed by atoms with Crippen molar-refractivity contribution in [3.05, 3.63) is 42.2 Å². The lowest BCUT2D eigenvalue weighted by Crippen LogP contribution is -2.52. The van der Waals surface area contributed by atoms with E-state index in [0.717, 1.165) is 35.6 Å². The highest BCUT2D eigenvalue weighted by Gasteiger charge is 2.37. The molecule has 8 nitrogen and oxygen atoms in total. The van der Waals surface area contributed by atoms with Gasteiger partial charge in [-0.05, 0) is 31.9 Å². The Morgan fingerprint density at radius 2 is 1.93 bits per heavy atom.